The van der Waals surface area contributed by atoms with Gasteiger partial charge in [-0.2, -0.15) is 0 Å². The maximum absolute atomic E-state index is 12.3. The van der Waals surface area contributed by atoms with Gasteiger partial charge in [-0.3, -0.25) is 4.72 Å². The van der Waals surface area contributed by atoms with E-state index in [9.17, 15) is 8.42 Å². The monoisotopic (exact) mass is 326 g/mol. The van der Waals surface area contributed by atoms with Gasteiger partial charge in [-0.15, -0.1) is 10.2 Å². The molecular weight excluding hydrogens is 308 g/mol. The van der Waals surface area contributed by atoms with Gasteiger partial charge in [0.2, 0.25) is 5.13 Å². The van der Waals surface area contributed by atoms with E-state index < -0.39 is 10.0 Å². The second-order valence-electron chi connectivity index (χ2n) is 4.39. The molecule has 6 nitrogen and oxygen atoms in total. The number of nitrogens with zero attached hydrogens (tertiary/aromatic N) is 2. The van der Waals surface area contributed by atoms with E-state index in [1.54, 1.807) is 18.2 Å². The van der Waals surface area contributed by atoms with Crippen molar-refractivity contribution in [1.82, 2.24) is 15.5 Å². The Morgan fingerprint density at radius 2 is 2.05 bits per heavy atom. The van der Waals surface area contributed by atoms with E-state index in [0.29, 0.717) is 11.7 Å². The summed E-state index contributed by atoms with van der Waals surface area (Å²) in [7, 11) is -3.63. The summed E-state index contributed by atoms with van der Waals surface area (Å²) in [6.07, 6.45) is 0.734. The zero-order valence-corrected chi connectivity index (χ0v) is 13.6. The summed E-state index contributed by atoms with van der Waals surface area (Å²) in [6, 6.07) is 6.85. The van der Waals surface area contributed by atoms with Gasteiger partial charge >= 0.3 is 0 Å². The molecule has 2 aromatic rings. The molecule has 0 aliphatic carbocycles. The van der Waals surface area contributed by atoms with Gasteiger partial charge < -0.3 is 5.32 Å². The van der Waals surface area contributed by atoms with E-state index >= 15 is 0 Å². The summed E-state index contributed by atoms with van der Waals surface area (Å²) in [5, 5.41) is 12.0. The van der Waals surface area contributed by atoms with Crippen molar-refractivity contribution in [2.24, 2.45) is 0 Å². The zero-order chi connectivity index (χ0) is 15.3. The van der Waals surface area contributed by atoms with Gasteiger partial charge in [-0.05, 0) is 30.7 Å². The fourth-order valence-corrected chi connectivity index (χ4v) is 3.68. The lowest BCUT2D eigenvalue weighted by Crippen LogP contribution is -2.15. The van der Waals surface area contributed by atoms with Crippen molar-refractivity contribution in [2.75, 3.05) is 11.3 Å². The normalized spacial score (nSPS) is 11.5. The number of sulfonamides is 1. The third kappa shape index (κ3) is 4.23. The highest BCUT2D eigenvalue weighted by molar-refractivity contribution is 7.93. The Morgan fingerprint density at radius 3 is 2.71 bits per heavy atom. The molecule has 0 unspecified atom stereocenters. The van der Waals surface area contributed by atoms with Crippen LogP contribution in [0.1, 0.15) is 24.4 Å². The van der Waals surface area contributed by atoms with Gasteiger partial charge in [-0.25, -0.2) is 8.42 Å². The first-order chi connectivity index (χ1) is 10.0. The standard InChI is InChI=1S/C13H18N4O2S2/c1-3-12-15-16-13(20-12)17-21(18,19)11-7-5-6-10(8-11)9-14-4-2/h5-8,14H,3-4,9H2,1-2H3,(H,16,17). The average molecular weight is 326 g/mol. The van der Waals surface area contributed by atoms with E-state index in [0.717, 1.165) is 23.5 Å². The van der Waals surface area contributed by atoms with E-state index in [1.165, 1.54) is 11.3 Å². The van der Waals surface area contributed by atoms with Crippen molar-refractivity contribution >= 4 is 26.5 Å². The summed E-state index contributed by atoms with van der Waals surface area (Å²) in [5.74, 6) is 0. The van der Waals surface area contributed by atoms with Gasteiger partial charge in [0.1, 0.15) is 5.01 Å². The van der Waals surface area contributed by atoms with E-state index in [-0.39, 0.29) is 4.90 Å². The number of nitrogens with one attached hydrogen (secondary N) is 2. The van der Waals surface area contributed by atoms with Crippen molar-refractivity contribution in [2.45, 2.75) is 31.7 Å². The second-order valence-corrected chi connectivity index (χ2v) is 7.13. The lowest BCUT2D eigenvalue weighted by atomic mass is 10.2. The summed E-state index contributed by atoms with van der Waals surface area (Å²) < 4.78 is 27.1. The number of aromatic nitrogens is 2. The largest absolute Gasteiger partial charge is 0.313 e. The minimum Gasteiger partial charge on any atom is -0.313 e. The molecule has 0 fully saturated rings. The molecule has 1 heterocycles. The Labute approximate surface area is 128 Å². The predicted molar refractivity (Wildman–Crippen MR) is 83.9 cm³/mol. The minimum atomic E-state index is -3.63. The fraction of sp³-hybridized carbons (Fsp3) is 0.385. The summed E-state index contributed by atoms with van der Waals surface area (Å²) in [6.45, 7) is 5.42. The number of hydrogen-bond acceptors (Lipinski definition) is 6. The number of anilines is 1. The zero-order valence-electron chi connectivity index (χ0n) is 12.0. The van der Waals surface area contributed by atoms with Crippen LogP contribution in [0.25, 0.3) is 0 Å². The summed E-state index contributed by atoms with van der Waals surface area (Å²) in [4.78, 5) is 0.228. The van der Waals surface area contributed by atoms with Gasteiger partial charge in [0.15, 0.2) is 0 Å². The molecule has 1 aromatic heterocycles. The van der Waals surface area contributed by atoms with Gasteiger partial charge in [0.25, 0.3) is 10.0 Å². The molecule has 0 aliphatic heterocycles. The summed E-state index contributed by atoms with van der Waals surface area (Å²) >= 11 is 1.25. The van der Waals surface area contributed by atoms with Crippen LogP contribution in [0, 0.1) is 0 Å². The van der Waals surface area contributed by atoms with Crippen LogP contribution < -0.4 is 10.0 Å². The second kappa shape index (κ2) is 6.97. The first-order valence-electron chi connectivity index (χ1n) is 6.70. The van der Waals surface area contributed by atoms with E-state index in [1.807, 2.05) is 19.9 Å². The molecule has 0 spiro atoms. The molecule has 0 saturated heterocycles. The number of hydrogen-bond donors (Lipinski definition) is 2. The molecule has 0 radical (unpaired) electrons. The molecule has 21 heavy (non-hydrogen) atoms. The van der Waals surface area contributed by atoms with Crippen LogP contribution in [-0.2, 0) is 23.0 Å². The Bertz CT molecular complexity index is 698. The van der Waals surface area contributed by atoms with Gasteiger partial charge in [0.05, 0.1) is 4.90 Å². The molecule has 114 valence electrons. The van der Waals surface area contributed by atoms with Crippen LogP contribution >= 0.6 is 11.3 Å². The topological polar surface area (TPSA) is 84.0 Å². The molecular formula is C13H18N4O2S2. The highest BCUT2D eigenvalue weighted by Gasteiger charge is 2.17. The van der Waals surface area contributed by atoms with Crippen LogP contribution in [0.2, 0.25) is 0 Å². The quantitative estimate of drug-likeness (QED) is 0.813. The van der Waals surface area contributed by atoms with Gasteiger partial charge in [0, 0.05) is 6.54 Å². The molecule has 2 rings (SSSR count). The fourth-order valence-electron chi connectivity index (χ4n) is 1.70. The van der Waals surface area contributed by atoms with Crippen LogP contribution in [0.4, 0.5) is 5.13 Å². The van der Waals surface area contributed by atoms with Crippen molar-refractivity contribution in [3.63, 3.8) is 0 Å². The maximum Gasteiger partial charge on any atom is 0.263 e. The molecule has 1 aromatic carbocycles. The molecule has 2 N–H and O–H groups in total. The van der Waals surface area contributed by atoms with E-state index in [4.69, 9.17) is 0 Å². The summed E-state index contributed by atoms with van der Waals surface area (Å²) in [5.41, 5.74) is 0.922. The average Bonchev–Trinajstić information content (AvgIpc) is 2.92. The van der Waals surface area contributed by atoms with Gasteiger partial charge in [-0.1, -0.05) is 37.3 Å². The number of benzene rings is 1. The molecule has 0 aliphatic rings. The molecule has 8 heteroatoms. The SMILES string of the molecule is CCNCc1cccc(S(=O)(=O)Nc2nnc(CC)s2)c1. The Balaban J connectivity index is 2.18. The Kier molecular flexibility index (Phi) is 5.27. The van der Waals surface area contributed by atoms with Crippen molar-refractivity contribution < 1.29 is 8.42 Å². The molecule has 0 saturated carbocycles. The maximum atomic E-state index is 12.3. The van der Waals surface area contributed by atoms with E-state index in [2.05, 4.69) is 20.2 Å². The lowest BCUT2D eigenvalue weighted by Gasteiger charge is -2.07. The van der Waals surface area contributed by atoms with Crippen molar-refractivity contribution in [3.05, 3.63) is 34.8 Å². The Hall–Kier alpha value is -1.51. The third-order valence-electron chi connectivity index (χ3n) is 2.78. The first kappa shape index (κ1) is 15.9. The lowest BCUT2D eigenvalue weighted by molar-refractivity contribution is 0.600. The van der Waals surface area contributed by atoms with Crippen LogP contribution in [0.15, 0.2) is 29.2 Å². The Morgan fingerprint density at radius 1 is 1.24 bits per heavy atom. The van der Waals surface area contributed by atoms with Crippen LogP contribution in [-0.4, -0.2) is 25.2 Å². The number of aryl methyl sites for hydroxylation is 1. The first-order valence-corrected chi connectivity index (χ1v) is 9.00. The van der Waals surface area contributed by atoms with Crippen molar-refractivity contribution in [3.8, 4) is 0 Å². The van der Waals surface area contributed by atoms with Crippen molar-refractivity contribution in [1.29, 1.82) is 0 Å². The number of rotatable bonds is 7. The minimum absolute atomic E-state index is 0.228. The molecule has 0 bridgehead atoms. The third-order valence-corrected chi connectivity index (χ3v) is 5.23. The smallest absolute Gasteiger partial charge is 0.263 e. The highest BCUT2D eigenvalue weighted by Crippen LogP contribution is 2.20. The molecule has 0 amide bonds. The van der Waals surface area contributed by atoms with Crippen LogP contribution in [0.3, 0.4) is 0 Å². The highest BCUT2D eigenvalue weighted by atomic mass is 32.2. The molecule has 0 atom stereocenters. The predicted octanol–water partition coefficient (Wildman–Crippen LogP) is 2.01. The van der Waals surface area contributed by atoms with Crippen LogP contribution in [0.5, 0.6) is 0 Å².